The zero-order valence-electron chi connectivity index (χ0n) is 11.3. The third-order valence-electron chi connectivity index (χ3n) is 3.81. The molecular weight excluding hydrogens is 272 g/mol. The average Bonchev–Trinajstić information content (AvgIpc) is 2.96. The molecule has 0 aliphatic carbocycles. The van der Waals surface area contributed by atoms with Crippen LogP contribution in [0, 0.1) is 4.77 Å². The first kappa shape index (κ1) is 13.5. The monoisotopic (exact) mass is 290 g/mol. The Morgan fingerprint density at radius 1 is 1.30 bits per heavy atom. The Bertz CT molecular complexity index is 715. The molecular formula is C14H18N4OS. The van der Waals surface area contributed by atoms with E-state index < -0.39 is 0 Å². The molecule has 0 saturated carbocycles. The maximum Gasteiger partial charge on any atom is 0.263 e. The summed E-state index contributed by atoms with van der Waals surface area (Å²) in [5.41, 5.74) is 0.525. The third kappa shape index (κ3) is 2.66. The summed E-state index contributed by atoms with van der Waals surface area (Å²) >= 11 is 5.27. The van der Waals surface area contributed by atoms with Gasteiger partial charge in [0, 0.05) is 12.7 Å². The van der Waals surface area contributed by atoms with Crippen molar-refractivity contribution in [2.45, 2.75) is 25.8 Å². The Morgan fingerprint density at radius 3 is 2.90 bits per heavy atom. The molecule has 0 spiro atoms. The van der Waals surface area contributed by atoms with Crippen LogP contribution in [-0.2, 0) is 6.54 Å². The highest BCUT2D eigenvalue weighted by Crippen LogP contribution is 2.08. The van der Waals surface area contributed by atoms with Crippen molar-refractivity contribution in [3.63, 3.8) is 0 Å². The third-order valence-corrected chi connectivity index (χ3v) is 4.13. The maximum atomic E-state index is 12.4. The standard InChI is InChI=1S/C14H18N4OS/c19-13-11-5-3-6-15-12(11)16-14(20)18(13)10-4-9-17-7-1-2-8-17/h3,5-6H,1-2,4,7-10H2,(H,15,16,20). The Hall–Kier alpha value is -1.53. The van der Waals surface area contributed by atoms with Gasteiger partial charge in [-0.1, -0.05) is 0 Å². The van der Waals surface area contributed by atoms with Crippen molar-refractivity contribution >= 4 is 23.3 Å². The first-order valence-electron chi connectivity index (χ1n) is 7.06. The second kappa shape index (κ2) is 5.85. The zero-order chi connectivity index (χ0) is 13.9. The fourth-order valence-electron chi connectivity index (χ4n) is 2.75. The number of fused-ring (bicyclic) bond motifs is 1. The lowest BCUT2D eigenvalue weighted by Crippen LogP contribution is -2.26. The molecule has 1 aliphatic heterocycles. The molecule has 2 aromatic rings. The molecule has 0 atom stereocenters. The van der Waals surface area contributed by atoms with Gasteiger partial charge >= 0.3 is 0 Å². The highest BCUT2D eigenvalue weighted by Gasteiger charge is 2.11. The lowest BCUT2D eigenvalue weighted by Gasteiger charge is -2.14. The van der Waals surface area contributed by atoms with Gasteiger partial charge in [0.25, 0.3) is 5.56 Å². The van der Waals surface area contributed by atoms with Crippen molar-refractivity contribution in [1.29, 1.82) is 0 Å². The van der Waals surface area contributed by atoms with Gasteiger partial charge in [-0.15, -0.1) is 0 Å². The van der Waals surface area contributed by atoms with Crippen LogP contribution in [0.3, 0.4) is 0 Å². The van der Waals surface area contributed by atoms with Crippen molar-refractivity contribution in [3.05, 3.63) is 33.5 Å². The van der Waals surface area contributed by atoms with Gasteiger partial charge < -0.3 is 9.88 Å². The summed E-state index contributed by atoms with van der Waals surface area (Å²) in [6.45, 7) is 4.06. The van der Waals surface area contributed by atoms with Gasteiger partial charge in [0.05, 0.1) is 5.39 Å². The molecule has 1 saturated heterocycles. The molecule has 5 nitrogen and oxygen atoms in total. The van der Waals surface area contributed by atoms with E-state index in [4.69, 9.17) is 12.2 Å². The van der Waals surface area contributed by atoms with Crippen molar-refractivity contribution < 1.29 is 0 Å². The molecule has 3 rings (SSSR count). The summed E-state index contributed by atoms with van der Waals surface area (Å²) in [5, 5.41) is 0.599. The van der Waals surface area contributed by atoms with Gasteiger partial charge in [0.15, 0.2) is 4.77 Å². The number of H-pyrrole nitrogens is 1. The number of rotatable bonds is 4. The Morgan fingerprint density at radius 2 is 2.10 bits per heavy atom. The van der Waals surface area contributed by atoms with Crippen LogP contribution in [0.4, 0.5) is 0 Å². The molecule has 6 heteroatoms. The van der Waals surface area contributed by atoms with Crippen molar-refractivity contribution in [3.8, 4) is 0 Å². The van der Waals surface area contributed by atoms with E-state index in [1.54, 1.807) is 22.9 Å². The lowest BCUT2D eigenvalue weighted by atomic mass is 10.3. The van der Waals surface area contributed by atoms with Crippen LogP contribution in [0.1, 0.15) is 19.3 Å². The first-order chi connectivity index (χ1) is 9.75. The molecule has 0 aromatic carbocycles. The van der Waals surface area contributed by atoms with Crippen LogP contribution in [-0.4, -0.2) is 39.1 Å². The number of aromatic nitrogens is 3. The predicted octanol–water partition coefficient (Wildman–Crippen LogP) is 1.94. The number of nitrogens with zero attached hydrogens (tertiary/aromatic N) is 3. The summed E-state index contributed by atoms with van der Waals surface area (Å²) in [7, 11) is 0. The van der Waals surface area contributed by atoms with Gasteiger partial charge in [-0.25, -0.2) is 4.98 Å². The van der Waals surface area contributed by atoms with Crippen molar-refractivity contribution in [2.75, 3.05) is 19.6 Å². The Labute approximate surface area is 122 Å². The summed E-state index contributed by atoms with van der Waals surface area (Å²) in [6.07, 6.45) is 5.19. The highest BCUT2D eigenvalue weighted by atomic mass is 32.1. The summed E-state index contributed by atoms with van der Waals surface area (Å²) in [5.74, 6) is 0. The number of pyridine rings is 1. The largest absolute Gasteiger partial charge is 0.316 e. The van der Waals surface area contributed by atoms with Gasteiger partial charge in [-0.05, 0) is 63.2 Å². The summed E-state index contributed by atoms with van der Waals surface area (Å²) < 4.78 is 2.11. The molecule has 1 aliphatic rings. The fourth-order valence-corrected chi connectivity index (χ4v) is 3.02. The van der Waals surface area contributed by atoms with E-state index >= 15 is 0 Å². The number of hydrogen-bond acceptors (Lipinski definition) is 4. The number of nitrogens with one attached hydrogen (secondary N) is 1. The SMILES string of the molecule is O=c1c2cccnc2[nH]c(=S)n1CCCN1CCCC1. The number of aromatic amines is 1. The van der Waals surface area contributed by atoms with Crippen LogP contribution in [0.25, 0.3) is 11.0 Å². The average molecular weight is 290 g/mol. The Balaban J connectivity index is 1.80. The number of likely N-dealkylation sites (tertiary alicyclic amines) is 1. The van der Waals surface area contributed by atoms with Crippen LogP contribution in [0.2, 0.25) is 0 Å². The van der Waals surface area contributed by atoms with E-state index in [1.807, 2.05) is 0 Å². The van der Waals surface area contributed by atoms with E-state index in [9.17, 15) is 4.79 Å². The van der Waals surface area contributed by atoms with Crippen LogP contribution >= 0.6 is 12.2 Å². The second-order valence-electron chi connectivity index (χ2n) is 5.19. The summed E-state index contributed by atoms with van der Waals surface area (Å²) in [4.78, 5) is 22.0. The Kier molecular flexibility index (Phi) is 3.93. The van der Waals surface area contributed by atoms with E-state index in [2.05, 4.69) is 14.9 Å². The highest BCUT2D eigenvalue weighted by molar-refractivity contribution is 7.71. The molecule has 0 unspecified atom stereocenters. The van der Waals surface area contributed by atoms with Crippen LogP contribution in [0.5, 0.6) is 0 Å². The quantitative estimate of drug-likeness (QED) is 0.874. The molecule has 0 bridgehead atoms. The van der Waals surface area contributed by atoms with Crippen LogP contribution < -0.4 is 5.56 Å². The summed E-state index contributed by atoms with van der Waals surface area (Å²) in [6, 6.07) is 3.56. The number of hydrogen-bond donors (Lipinski definition) is 1. The molecule has 0 amide bonds. The van der Waals surface area contributed by atoms with E-state index in [1.165, 1.54) is 25.9 Å². The topological polar surface area (TPSA) is 53.9 Å². The van der Waals surface area contributed by atoms with Crippen LogP contribution in [0.15, 0.2) is 23.1 Å². The van der Waals surface area contributed by atoms with E-state index in [0.717, 1.165) is 13.0 Å². The fraction of sp³-hybridized carbons (Fsp3) is 0.500. The zero-order valence-corrected chi connectivity index (χ0v) is 12.2. The molecule has 1 fully saturated rings. The molecule has 20 heavy (non-hydrogen) atoms. The minimum atomic E-state index is -0.0433. The minimum Gasteiger partial charge on any atom is -0.316 e. The van der Waals surface area contributed by atoms with Crippen molar-refractivity contribution in [2.24, 2.45) is 0 Å². The van der Waals surface area contributed by atoms with Gasteiger partial charge in [0.2, 0.25) is 0 Å². The van der Waals surface area contributed by atoms with Gasteiger partial charge in [-0.2, -0.15) is 0 Å². The van der Waals surface area contributed by atoms with E-state index in [-0.39, 0.29) is 5.56 Å². The smallest absolute Gasteiger partial charge is 0.263 e. The van der Waals surface area contributed by atoms with Crippen molar-refractivity contribution in [1.82, 2.24) is 19.4 Å². The normalized spacial score (nSPS) is 16.0. The molecule has 0 radical (unpaired) electrons. The van der Waals surface area contributed by atoms with E-state index in [0.29, 0.717) is 22.3 Å². The molecule has 3 heterocycles. The minimum absolute atomic E-state index is 0.0433. The molecule has 2 aromatic heterocycles. The first-order valence-corrected chi connectivity index (χ1v) is 7.47. The second-order valence-corrected chi connectivity index (χ2v) is 5.58. The lowest BCUT2D eigenvalue weighted by molar-refractivity contribution is 0.324. The molecule has 106 valence electrons. The predicted molar refractivity (Wildman–Crippen MR) is 81.5 cm³/mol. The maximum absolute atomic E-state index is 12.4. The molecule has 1 N–H and O–H groups in total. The van der Waals surface area contributed by atoms with Gasteiger partial charge in [-0.3, -0.25) is 9.36 Å². The van der Waals surface area contributed by atoms with Gasteiger partial charge in [0.1, 0.15) is 5.65 Å².